The van der Waals surface area contributed by atoms with Crippen LogP contribution in [0.25, 0.3) is 10.9 Å². The number of likely N-dealkylation sites (N-methyl/N-ethyl adjacent to an activating group) is 1. The maximum Gasteiger partial charge on any atom is 0.0531 e. The summed E-state index contributed by atoms with van der Waals surface area (Å²) in [5.74, 6) is 0. The van der Waals surface area contributed by atoms with Gasteiger partial charge in [-0.2, -0.15) is 0 Å². The van der Waals surface area contributed by atoms with Gasteiger partial charge in [0.2, 0.25) is 0 Å². The second-order valence-corrected chi connectivity index (χ2v) is 5.97. The number of aryl methyl sites for hydroxylation is 1. The van der Waals surface area contributed by atoms with Crippen molar-refractivity contribution in [3.63, 3.8) is 0 Å². The fourth-order valence-electron chi connectivity index (χ4n) is 3.97. The van der Waals surface area contributed by atoms with Crippen LogP contribution >= 0.6 is 0 Å². The minimum Gasteiger partial charge on any atom is -0.343 e. The molecule has 0 N–H and O–H groups in total. The Bertz CT molecular complexity index is 624. The number of para-hydroxylation sites is 1. The smallest absolute Gasteiger partial charge is 0.0531 e. The fourth-order valence-corrected chi connectivity index (χ4v) is 3.97. The molecule has 0 amide bonds. The molecule has 1 aromatic heterocycles. The predicted molar refractivity (Wildman–Crippen MR) is 79.5 cm³/mol. The van der Waals surface area contributed by atoms with Crippen LogP contribution in [-0.2, 0) is 25.9 Å². The van der Waals surface area contributed by atoms with E-state index in [2.05, 4.69) is 34.6 Å². The van der Waals surface area contributed by atoms with Crippen LogP contribution in [0.15, 0.2) is 18.2 Å². The summed E-state index contributed by atoms with van der Waals surface area (Å²) >= 11 is 0. The Morgan fingerprint density at radius 1 is 1.11 bits per heavy atom. The van der Waals surface area contributed by atoms with E-state index >= 15 is 0 Å². The third-order valence-corrected chi connectivity index (χ3v) is 4.96. The highest BCUT2D eigenvalue weighted by atomic mass is 15.2. The molecule has 2 aromatic rings. The first-order chi connectivity index (χ1) is 9.38. The van der Waals surface area contributed by atoms with Gasteiger partial charge < -0.3 is 4.57 Å². The number of hydrogen-bond donors (Lipinski definition) is 0. The van der Waals surface area contributed by atoms with Crippen LogP contribution in [0.1, 0.15) is 36.6 Å². The molecule has 100 valence electrons. The van der Waals surface area contributed by atoms with E-state index < -0.39 is 0 Å². The fraction of sp³-hybridized carbons (Fsp3) is 0.529. The normalized spacial score (nSPS) is 19.4. The lowest BCUT2D eigenvalue weighted by Crippen LogP contribution is -2.25. The molecular weight excluding hydrogens is 232 g/mol. The number of hydrogen-bond acceptors (Lipinski definition) is 1. The highest BCUT2D eigenvalue weighted by Crippen LogP contribution is 2.35. The number of fused-ring (bicyclic) bond motifs is 3. The zero-order chi connectivity index (χ0) is 12.8. The largest absolute Gasteiger partial charge is 0.343 e. The minimum absolute atomic E-state index is 1.12. The van der Waals surface area contributed by atoms with E-state index in [1.807, 2.05) is 0 Å². The summed E-state index contributed by atoms with van der Waals surface area (Å²) in [7, 11) is 0. The number of benzene rings is 1. The van der Waals surface area contributed by atoms with Gasteiger partial charge in [-0.3, -0.25) is 4.90 Å². The van der Waals surface area contributed by atoms with Gasteiger partial charge in [-0.25, -0.2) is 0 Å². The zero-order valence-electron chi connectivity index (χ0n) is 11.8. The average Bonchev–Trinajstić information content (AvgIpc) is 2.65. The van der Waals surface area contributed by atoms with Crippen molar-refractivity contribution in [2.45, 2.75) is 45.7 Å². The lowest BCUT2D eigenvalue weighted by Gasteiger charge is -2.19. The highest BCUT2D eigenvalue weighted by molar-refractivity contribution is 5.88. The number of nitrogens with zero attached hydrogens (tertiary/aromatic N) is 2. The van der Waals surface area contributed by atoms with Crippen molar-refractivity contribution in [2.75, 3.05) is 13.1 Å². The second kappa shape index (κ2) is 4.38. The number of aromatic nitrogens is 1. The standard InChI is InChI=1S/C17H22N2/c1-2-18-10-11-19-16-9-4-3-7-14(16)15-8-5-6-13(12-18)17(15)19/h5-6,8H,2-4,7,9-12H2,1H3. The molecule has 2 heteroatoms. The Morgan fingerprint density at radius 3 is 2.89 bits per heavy atom. The molecule has 1 aromatic carbocycles. The molecule has 2 nitrogen and oxygen atoms in total. The van der Waals surface area contributed by atoms with Crippen molar-refractivity contribution < 1.29 is 0 Å². The summed E-state index contributed by atoms with van der Waals surface area (Å²) in [6, 6.07) is 6.94. The predicted octanol–water partition coefficient (Wildman–Crippen LogP) is 3.36. The van der Waals surface area contributed by atoms with Crippen LogP contribution in [0, 0.1) is 0 Å². The van der Waals surface area contributed by atoms with E-state index in [-0.39, 0.29) is 0 Å². The van der Waals surface area contributed by atoms with Crippen LogP contribution in [-0.4, -0.2) is 22.6 Å². The molecule has 0 atom stereocenters. The van der Waals surface area contributed by atoms with Gasteiger partial charge in [0.1, 0.15) is 0 Å². The molecule has 0 fully saturated rings. The molecule has 0 saturated heterocycles. The maximum atomic E-state index is 2.65. The molecule has 2 aliphatic rings. The Labute approximate surface area is 115 Å². The van der Waals surface area contributed by atoms with Gasteiger partial charge >= 0.3 is 0 Å². The zero-order valence-corrected chi connectivity index (χ0v) is 11.8. The van der Waals surface area contributed by atoms with E-state index in [1.165, 1.54) is 44.3 Å². The summed E-state index contributed by atoms with van der Waals surface area (Å²) < 4.78 is 2.65. The molecule has 0 radical (unpaired) electrons. The van der Waals surface area contributed by atoms with Gasteiger partial charge in [0, 0.05) is 30.7 Å². The van der Waals surface area contributed by atoms with Crippen molar-refractivity contribution in [2.24, 2.45) is 0 Å². The first-order valence-corrected chi connectivity index (χ1v) is 7.72. The summed E-state index contributed by atoms with van der Waals surface area (Å²) in [6.45, 7) is 6.93. The Morgan fingerprint density at radius 2 is 2.00 bits per heavy atom. The summed E-state index contributed by atoms with van der Waals surface area (Å²) in [4.78, 5) is 2.57. The average molecular weight is 254 g/mol. The summed E-state index contributed by atoms with van der Waals surface area (Å²) in [5, 5.41) is 1.55. The van der Waals surface area contributed by atoms with Crippen LogP contribution in [0.2, 0.25) is 0 Å². The molecule has 4 rings (SSSR count). The third kappa shape index (κ3) is 1.66. The summed E-state index contributed by atoms with van der Waals surface area (Å²) in [5.41, 5.74) is 6.39. The Kier molecular flexibility index (Phi) is 2.66. The van der Waals surface area contributed by atoms with Gasteiger partial charge in [-0.15, -0.1) is 0 Å². The SMILES string of the molecule is CCN1CCn2c3c(c4cccc(c42)C1)CCCC3. The second-order valence-electron chi connectivity index (χ2n) is 5.97. The molecule has 0 spiro atoms. The molecule has 1 aliphatic heterocycles. The van der Waals surface area contributed by atoms with Gasteiger partial charge in [0.05, 0.1) is 5.52 Å². The molecule has 1 aliphatic carbocycles. The van der Waals surface area contributed by atoms with Gasteiger partial charge in [0.15, 0.2) is 0 Å². The molecule has 19 heavy (non-hydrogen) atoms. The first-order valence-electron chi connectivity index (χ1n) is 7.72. The Balaban J connectivity index is 1.98. The maximum absolute atomic E-state index is 2.65. The molecule has 0 unspecified atom stereocenters. The van der Waals surface area contributed by atoms with Gasteiger partial charge in [0.25, 0.3) is 0 Å². The Hall–Kier alpha value is -1.28. The van der Waals surface area contributed by atoms with E-state index in [1.54, 1.807) is 22.2 Å². The highest BCUT2D eigenvalue weighted by Gasteiger charge is 2.24. The summed E-state index contributed by atoms with van der Waals surface area (Å²) in [6.07, 6.45) is 5.32. The van der Waals surface area contributed by atoms with E-state index in [4.69, 9.17) is 0 Å². The van der Waals surface area contributed by atoms with Crippen LogP contribution in [0.4, 0.5) is 0 Å². The lowest BCUT2D eigenvalue weighted by molar-refractivity contribution is 0.276. The van der Waals surface area contributed by atoms with E-state index in [9.17, 15) is 0 Å². The van der Waals surface area contributed by atoms with E-state index in [0.29, 0.717) is 0 Å². The van der Waals surface area contributed by atoms with Gasteiger partial charge in [-0.05, 0) is 43.4 Å². The quantitative estimate of drug-likeness (QED) is 0.757. The van der Waals surface area contributed by atoms with E-state index in [0.717, 1.165) is 13.1 Å². The first kappa shape index (κ1) is 11.5. The van der Waals surface area contributed by atoms with Crippen LogP contribution < -0.4 is 0 Å². The molecular formula is C17H22N2. The molecule has 0 saturated carbocycles. The minimum atomic E-state index is 1.12. The van der Waals surface area contributed by atoms with Crippen molar-refractivity contribution >= 4 is 10.9 Å². The van der Waals surface area contributed by atoms with Crippen LogP contribution in [0.5, 0.6) is 0 Å². The third-order valence-electron chi connectivity index (χ3n) is 4.96. The van der Waals surface area contributed by atoms with Crippen molar-refractivity contribution in [1.82, 2.24) is 9.47 Å². The monoisotopic (exact) mass is 254 g/mol. The van der Waals surface area contributed by atoms with Gasteiger partial charge in [-0.1, -0.05) is 25.1 Å². The molecule has 0 bridgehead atoms. The molecule has 2 heterocycles. The van der Waals surface area contributed by atoms with Crippen molar-refractivity contribution in [3.05, 3.63) is 35.0 Å². The van der Waals surface area contributed by atoms with Crippen molar-refractivity contribution in [1.29, 1.82) is 0 Å². The van der Waals surface area contributed by atoms with Crippen LogP contribution in [0.3, 0.4) is 0 Å². The topological polar surface area (TPSA) is 8.17 Å². The van der Waals surface area contributed by atoms with Crippen molar-refractivity contribution in [3.8, 4) is 0 Å². The lowest BCUT2D eigenvalue weighted by atomic mass is 9.95. The number of rotatable bonds is 1.